The van der Waals surface area contributed by atoms with Crippen molar-refractivity contribution in [2.45, 2.75) is 31.7 Å². The highest BCUT2D eigenvalue weighted by molar-refractivity contribution is 9.10. The van der Waals surface area contributed by atoms with Gasteiger partial charge in [-0.05, 0) is 47.0 Å². The van der Waals surface area contributed by atoms with Gasteiger partial charge in [0, 0.05) is 24.0 Å². The number of carbonyl (C=O) groups excluding carboxylic acids is 1. The number of aromatic nitrogens is 2. The number of amides is 1. The number of hydrogen-bond donors (Lipinski definition) is 1. The van der Waals surface area contributed by atoms with Crippen LogP contribution in [0, 0.1) is 0 Å². The Morgan fingerprint density at radius 3 is 2.89 bits per heavy atom. The van der Waals surface area contributed by atoms with Crippen molar-refractivity contribution in [2.75, 3.05) is 7.05 Å². The number of aromatic amines is 1. The van der Waals surface area contributed by atoms with Crippen molar-refractivity contribution in [1.82, 2.24) is 15.1 Å². The summed E-state index contributed by atoms with van der Waals surface area (Å²) in [6.07, 6.45) is 4.71. The maximum absolute atomic E-state index is 12.5. The van der Waals surface area contributed by atoms with Crippen LogP contribution in [0.15, 0.2) is 22.8 Å². The molecule has 1 amide bonds. The molecule has 3 rings (SSSR count). The molecule has 0 unspecified atom stereocenters. The minimum absolute atomic E-state index is 0.0907. The highest BCUT2D eigenvalue weighted by Crippen LogP contribution is 2.25. The average molecular weight is 322 g/mol. The van der Waals surface area contributed by atoms with Crippen LogP contribution < -0.4 is 0 Å². The maximum atomic E-state index is 12.5. The van der Waals surface area contributed by atoms with Gasteiger partial charge in [0.2, 0.25) is 0 Å². The fraction of sp³-hybridized carbons (Fsp3) is 0.429. The van der Waals surface area contributed by atoms with Crippen LogP contribution in [0.1, 0.15) is 36.0 Å². The van der Waals surface area contributed by atoms with Crippen molar-refractivity contribution in [3.05, 3.63) is 28.4 Å². The van der Waals surface area contributed by atoms with E-state index in [0.29, 0.717) is 11.6 Å². The number of nitrogens with one attached hydrogen (secondary N) is 1. The van der Waals surface area contributed by atoms with Crippen LogP contribution in [0.25, 0.3) is 10.9 Å². The molecule has 5 heteroatoms. The van der Waals surface area contributed by atoms with E-state index in [1.165, 1.54) is 12.8 Å². The molecule has 1 aromatic carbocycles. The van der Waals surface area contributed by atoms with Gasteiger partial charge in [0.05, 0.1) is 5.52 Å². The van der Waals surface area contributed by atoms with E-state index < -0.39 is 0 Å². The summed E-state index contributed by atoms with van der Waals surface area (Å²) in [5, 5.41) is 8.04. The monoisotopic (exact) mass is 321 g/mol. The predicted molar refractivity (Wildman–Crippen MR) is 78.1 cm³/mol. The molecule has 0 spiro atoms. The number of H-pyrrole nitrogens is 1. The Labute approximate surface area is 120 Å². The van der Waals surface area contributed by atoms with Crippen LogP contribution in [0.2, 0.25) is 0 Å². The van der Waals surface area contributed by atoms with Crippen LogP contribution in [-0.4, -0.2) is 34.1 Å². The number of carbonyl (C=O) groups is 1. The lowest BCUT2D eigenvalue weighted by Crippen LogP contribution is -2.35. The molecule has 4 nitrogen and oxygen atoms in total. The minimum atomic E-state index is 0.0907. The van der Waals surface area contributed by atoms with Crippen LogP contribution in [-0.2, 0) is 0 Å². The molecule has 1 aliphatic carbocycles. The van der Waals surface area contributed by atoms with Gasteiger partial charge in [0.25, 0.3) is 5.91 Å². The molecule has 1 fully saturated rings. The second kappa shape index (κ2) is 4.96. The fourth-order valence-electron chi connectivity index (χ4n) is 2.77. The van der Waals surface area contributed by atoms with E-state index in [0.717, 1.165) is 28.3 Å². The second-order valence-corrected chi connectivity index (χ2v) is 5.92. The number of fused-ring (bicyclic) bond motifs is 1. The van der Waals surface area contributed by atoms with Gasteiger partial charge in [-0.3, -0.25) is 9.89 Å². The normalized spacial score (nSPS) is 16.1. The van der Waals surface area contributed by atoms with Gasteiger partial charge in [-0.2, -0.15) is 5.10 Å². The van der Waals surface area contributed by atoms with Gasteiger partial charge < -0.3 is 4.90 Å². The quantitative estimate of drug-likeness (QED) is 0.922. The zero-order chi connectivity index (χ0) is 13.4. The molecular weight excluding hydrogens is 306 g/mol. The Morgan fingerprint density at radius 2 is 2.16 bits per heavy atom. The molecular formula is C14H16BrN3O. The first-order chi connectivity index (χ1) is 9.16. The molecule has 0 atom stereocenters. The van der Waals surface area contributed by atoms with E-state index in [-0.39, 0.29) is 5.91 Å². The first-order valence-electron chi connectivity index (χ1n) is 6.57. The number of nitrogens with zero attached hydrogens (tertiary/aromatic N) is 2. The van der Waals surface area contributed by atoms with E-state index in [4.69, 9.17) is 0 Å². The Hall–Kier alpha value is -1.36. The number of hydrogen-bond acceptors (Lipinski definition) is 2. The lowest BCUT2D eigenvalue weighted by atomic mass is 10.1. The van der Waals surface area contributed by atoms with E-state index in [9.17, 15) is 4.79 Å². The first kappa shape index (κ1) is 12.7. The largest absolute Gasteiger partial charge is 0.339 e. The van der Waals surface area contributed by atoms with Gasteiger partial charge in [-0.25, -0.2) is 0 Å². The molecule has 1 saturated carbocycles. The summed E-state index contributed by atoms with van der Waals surface area (Å²) in [6.45, 7) is 0. The third-order valence-electron chi connectivity index (χ3n) is 3.95. The van der Waals surface area contributed by atoms with Crippen LogP contribution >= 0.6 is 15.9 Å². The standard InChI is InChI=1S/C14H16BrN3O/c1-18(10-4-2-3-5-10)14(19)9-6-7-11-12(8-9)16-17-13(11)15/h6-8,10H,2-5H2,1H3,(H,16,17). The molecule has 1 aromatic heterocycles. The molecule has 19 heavy (non-hydrogen) atoms. The average Bonchev–Trinajstić information content (AvgIpc) is 3.07. The van der Waals surface area contributed by atoms with Crippen molar-refractivity contribution < 1.29 is 4.79 Å². The molecule has 0 bridgehead atoms. The van der Waals surface area contributed by atoms with Gasteiger partial charge in [0.15, 0.2) is 0 Å². The number of halogens is 1. The van der Waals surface area contributed by atoms with Crippen molar-refractivity contribution in [1.29, 1.82) is 0 Å². The Kier molecular flexibility index (Phi) is 3.31. The molecule has 0 aliphatic heterocycles. The first-order valence-corrected chi connectivity index (χ1v) is 7.37. The smallest absolute Gasteiger partial charge is 0.253 e. The van der Waals surface area contributed by atoms with Gasteiger partial charge in [-0.15, -0.1) is 0 Å². The number of rotatable bonds is 2. The number of benzene rings is 1. The zero-order valence-corrected chi connectivity index (χ0v) is 12.4. The summed E-state index contributed by atoms with van der Waals surface area (Å²) >= 11 is 3.40. The summed E-state index contributed by atoms with van der Waals surface area (Å²) in [7, 11) is 1.91. The SMILES string of the molecule is CN(C(=O)c1ccc2c(Br)[nH]nc2c1)C1CCCC1. The second-order valence-electron chi connectivity index (χ2n) is 5.12. The van der Waals surface area contributed by atoms with E-state index in [1.807, 2.05) is 30.1 Å². The summed E-state index contributed by atoms with van der Waals surface area (Å²) in [5.41, 5.74) is 1.53. The molecule has 100 valence electrons. The van der Waals surface area contributed by atoms with Gasteiger partial charge in [0.1, 0.15) is 4.60 Å². The summed E-state index contributed by atoms with van der Waals surface area (Å²) in [5.74, 6) is 0.0907. The Balaban J connectivity index is 1.88. The lowest BCUT2D eigenvalue weighted by molar-refractivity contribution is 0.0735. The minimum Gasteiger partial charge on any atom is -0.339 e. The van der Waals surface area contributed by atoms with E-state index in [2.05, 4.69) is 26.1 Å². The fourth-order valence-corrected chi connectivity index (χ4v) is 3.20. The molecule has 0 saturated heterocycles. The highest BCUT2D eigenvalue weighted by atomic mass is 79.9. The van der Waals surface area contributed by atoms with Gasteiger partial charge >= 0.3 is 0 Å². The molecule has 1 aliphatic rings. The topological polar surface area (TPSA) is 49.0 Å². The van der Waals surface area contributed by atoms with E-state index >= 15 is 0 Å². The highest BCUT2D eigenvalue weighted by Gasteiger charge is 2.24. The van der Waals surface area contributed by atoms with Crippen LogP contribution in [0.5, 0.6) is 0 Å². The molecule has 1 N–H and O–H groups in total. The maximum Gasteiger partial charge on any atom is 0.253 e. The Morgan fingerprint density at radius 1 is 1.42 bits per heavy atom. The summed E-state index contributed by atoms with van der Waals surface area (Å²) in [6, 6.07) is 6.05. The molecule has 1 heterocycles. The van der Waals surface area contributed by atoms with E-state index in [1.54, 1.807) is 0 Å². The molecule has 2 aromatic rings. The summed E-state index contributed by atoms with van der Waals surface area (Å²) in [4.78, 5) is 14.3. The van der Waals surface area contributed by atoms with Crippen molar-refractivity contribution >= 4 is 32.7 Å². The summed E-state index contributed by atoms with van der Waals surface area (Å²) < 4.78 is 0.852. The lowest BCUT2D eigenvalue weighted by Gasteiger charge is -2.24. The van der Waals surface area contributed by atoms with Crippen molar-refractivity contribution in [3.8, 4) is 0 Å². The van der Waals surface area contributed by atoms with Crippen molar-refractivity contribution in [3.63, 3.8) is 0 Å². The van der Waals surface area contributed by atoms with Crippen molar-refractivity contribution in [2.24, 2.45) is 0 Å². The third-order valence-corrected chi connectivity index (χ3v) is 4.55. The predicted octanol–water partition coefficient (Wildman–Crippen LogP) is 3.34. The Bertz CT molecular complexity index is 616. The van der Waals surface area contributed by atoms with Gasteiger partial charge in [-0.1, -0.05) is 12.8 Å². The zero-order valence-electron chi connectivity index (χ0n) is 10.8. The van der Waals surface area contributed by atoms with Crippen LogP contribution in [0.4, 0.5) is 0 Å². The molecule has 0 radical (unpaired) electrons. The van der Waals surface area contributed by atoms with Crippen LogP contribution in [0.3, 0.4) is 0 Å². The third kappa shape index (κ3) is 2.27.